The van der Waals surface area contributed by atoms with Crippen molar-refractivity contribution in [3.63, 3.8) is 0 Å². The largest absolute Gasteiger partial charge is 0.383 e. The van der Waals surface area contributed by atoms with Crippen molar-refractivity contribution in [1.29, 1.82) is 0 Å². The van der Waals surface area contributed by atoms with Crippen molar-refractivity contribution < 1.29 is 9.47 Å². The van der Waals surface area contributed by atoms with Crippen molar-refractivity contribution in [2.24, 2.45) is 5.92 Å². The highest BCUT2D eigenvalue weighted by Crippen LogP contribution is 2.07. The molecule has 0 bridgehead atoms. The average Bonchev–Trinajstić information content (AvgIpc) is 2.25. The molecule has 1 atom stereocenters. The van der Waals surface area contributed by atoms with Crippen LogP contribution in [0.25, 0.3) is 0 Å². The van der Waals surface area contributed by atoms with E-state index in [-0.39, 0.29) is 0 Å². The lowest BCUT2D eigenvalue weighted by molar-refractivity contribution is 0.138. The topological polar surface area (TPSA) is 30.5 Å². The molecule has 3 nitrogen and oxygen atoms in total. The zero-order chi connectivity index (χ0) is 11.1. The first-order chi connectivity index (χ1) is 7.24. The Morgan fingerprint density at radius 2 is 2.33 bits per heavy atom. The van der Waals surface area contributed by atoms with Gasteiger partial charge in [0.25, 0.3) is 0 Å². The zero-order valence-electron chi connectivity index (χ0n) is 10.1. The smallest absolute Gasteiger partial charge is 0.0689 e. The predicted molar refractivity (Wildman–Crippen MR) is 62.0 cm³/mol. The van der Waals surface area contributed by atoms with Gasteiger partial charge in [0.05, 0.1) is 19.8 Å². The van der Waals surface area contributed by atoms with Gasteiger partial charge in [-0.1, -0.05) is 19.9 Å². The third kappa shape index (κ3) is 4.78. The Hall–Kier alpha value is -0.380. The molecular formula is C12H23NO2. The van der Waals surface area contributed by atoms with Crippen LogP contribution in [0.15, 0.2) is 11.6 Å². The number of hydrogen-bond acceptors (Lipinski definition) is 3. The predicted octanol–water partition coefficient (Wildman–Crippen LogP) is 1.59. The minimum atomic E-state index is 0.429. The fourth-order valence-corrected chi connectivity index (χ4v) is 1.66. The molecule has 1 rings (SSSR count). The van der Waals surface area contributed by atoms with Gasteiger partial charge in [0.1, 0.15) is 0 Å². The van der Waals surface area contributed by atoms with Gasteiger partial charge in [-0.25, -0.2) is 0 Å². The summed E-state index contributed by atoms with van der Waals surface area (Å²) in [6, 6.07) is 0.429. The molecule has 0 saturated heterocycles. The fraction of sp³-hybridized carbons (Fsp3) is 0.833. The normalized spacial score (nSPS) is 19.1. The van der Waals surface area contributed by atoms with E-state index in [1.807, 2.05) is 0 Å². The molecule has 0 radical (unpaired) electrons. The molecular weight excluding hydrogens is 190 g/mol. The van der Waals surface area contributed by atoms with E-state index in [9.17, 15) is 0 Å². The lowest BCUT2D eigenvalue weighted by atomic mass is 10.0. The Balaban J connectivity index is 2.28. The minimum absolute atomic E-state index is 0.429. The molecule has 1 aliphatic rings. The number of ether oxygens (including phenoxy) is 2. The van der Waals surface area contributed by atoms with Gasteiger partial charge in [-0.15, -0.1) is 0 Å². The van der Waals surface area contributed by atoms with Crippen LogP contribution >= 0.6 is 0 Å². The second kappa shape index (κ2) is 6.99. The van der Waals surface area contributed by atoms with E-state index in [0.29, 0.717) is 12.0 Å². The summed E-state index contributed by atoms with van der Waals surface area (Å²) in [6.45, 7) is 7.77. The first-order valence-corrected chi connectivity index (χ1v) is 5.72. The molecule has 0 aromatic carbocycles. The Bertz CT molecular complexity index is 202. The SMILES string of the molecule is COCC(NCC1=CCCOC1)C(C)C. The summed E-state index contributed by atoms with van der Waals surface area (Å²) in [5.74, 6) is 0.593. The Kier molecular flexibility index (Phi) is 5.91. The Labute approximate surface area is 92.8 Å². The zero-order valence-corrected chi connectivity index (χ0v) is 10.1. The number of nitrogens with one attached hydrogen (secondary N) is 1. The Morgan fingerprint density at radius 1 is 1.53 bits per heavy atom. The number of hydrogen-bond donors (Lipinski definition) is 1. The van der Waals surface area contributed by atoms with Gasteiger partial charge < -0.3 is 14.8 Å². The standard InChI is InChI=1S/C12H23NO2/c1-10(2)12(9-14-3)13-7-11-5-4-6-15-8-11/h5,10,12-13H,4,6-9H2,1-3H3. The number of methoxy groups -OCH3 is 1. The van der Waals surface area contributed by atoms with Gasteiger partial charge in [-0.3, -0.25) is 0 Å². The summed E-state index contributed by atoms with van der Waals surface area (Å²) < 4.78 is 10.6. The maximum absolute atomic E-state index is 5.40. The Morgan fingerprint density at radius 3 is 2.87 bits per heavy atom. The summed E-state index contributed by atoms with van der Waals surface area (Å²) in [7, 11) is 1.75. The van der Waals surface area contributed by atoms with Gasteiger partial charge >= 0.3 is 0 Å². The lowest BCUT2D eigenvalue weighted by Crippen LogP contribution is -2.39. The summed E-state index contributed by atoms with van der Waals surface area (Å²) in [6.07, 6.45) is 3.33. The van der Waals surface area contributed by atoms with Crippen LogP contribution in [0.1, 0.15) is 20.3 Å². The summed E-state index contributed by atoms with van der Waals surface area (Å²) >= 11 is 0. The van der Waals surface area contributed by atoms with Crippen molar-refractivity contribution in [3.8, 4) is 0 Å². The van der Waals surface area contributed by atoms with E-state index < -0.39 is 0 Å². The third-order valence-corrected chi connectivity index (χ3v) is 2.72. The van der Waals surface area contributed by atoms with Gasteiger partial charge in [0, 0.05) is 19.7 Å². The van der Waals surface area contributed by atoms with E-state index in [4.69, 9.17) is 9.47 Å². The van der Waals surface area contributed by atoms with Gasteiger partial charge in [-0.2, -0.15) is 0 Å². The first-order valence-electron chi connectivity index (χ1n) is 5.72. The summed E-state index contributed by atoms with van der Waals surface area (Å²) in [5, 5.41) is 3.52. The highest BCUT2D eigenvalue weighted by Gasteiger charge is 2.13. The average molecular weight is 213 g/mol. The van der Waals surface area contributed by atoms with Crippen LogP contribution in [0, 0.1) is 5.92 Å². The third-order valence-electron chi connectivity index (χ3n) is 2.72. The maximum Gasteiger partial charge on any atom is 0.0689 e. The fourth-order valence-electron chi connectivity index (χ4n) is 1.66. The highest BCUT2D eigenvalue weighted by atomic mass is 16.5. The van der Waals surface area contributed by atoms with Crippen LogP contribution in [0.5, 0.6) is 0 Å². The molecule has 0 amide bonds. The molecule has 3 heteroatoms. The monoisotopic (exact) mass is 213 g/mol. The van der Waals surface area contributed by atoms with Crippen LogP contribution in [0.4, 0.5) is 0 Å². The van der Waals surface area contributed by atoms with E-state index in [1.54, 1.807) is 7.11 Å². The first kappa shape index (κ1) is 12.7. The number of rotatable bonds is 6. The molecule has 1 N–H and O–H groups in total. The van der Waals surface area contributed by atoms with Gasteiger partial charge in [0.2, 0.25) is 0 Å². The van der Waals surface area contributed by atoms with Crippen LogP contribution in [0.2, 0.25) is 0 Å². The summed E-state index contributed by atoms with van der Waals surface area (Å²) in [4.78, 5) is 0. The van der Waals surface area contributed by atoms with Gasteiger partial charge in [-0.05, 0) is 17.9 Å². The second-order valence-electron chi connectivity index (χ2n) is 4.39. The molecule has 0 saturated carbocycles. The molecule has 0 aromatic rings. The van der Waals surface area contributed by atoms with E-state index in [0.717, 1.165) is 32.8 Å². The maximum atomic E-state index is 5.40. The van der Waals surface area contributed by atoms with E-state index in [2.05, 4.69) is 25.2 Å². The van der Waals surface area contributed by atoms with Crippen LogP contribution in [0.3, 0.4) is 0 Å². The molecule has 15 heavy (non-hydrogen) atoms. The second-order valence-corrected chi connectivity index (χ2v) is 4.39. The van der Waals surface area contributed by atoms with Crippen LogP contribution < -0.4 is 5.32 Å². The lowest BCUT2D eigenvalue weighted by Gasteiger charge is -2.23. The van der Waals surface area contributed by atoms with Crippen molar-refractivity contribution in [3.05, 3.63) is 11.6 Å². The van der Waals surface area contributed by atoms with Crippen molar-refractivity contribution >= 4 is 0 Å². The van der Waals surface area contributed by atoms with Gasteiger partial charge in [0.15, 0.2) is 0 Å². The molecule has 1 unspecified atom stereocenters. The summed E-state index contributed by atoms with van der Waals surface area (Å²) in [5.41, 5.74) is 1.36. The van der Waals surface area contributed by atoms with Crippen molar-refractivity contribution in [2.45, 2.75) is 26.3 Å². The molecule has 1 aliphatic heterocycles. The quantitative estimate of drug-likeness (QED) is 0.680. The van der Waals surface area contributed by atoms with Crippen LogP contribution in [-0.4, -0.2) is 39.5 Å². The molecule has 0 aromatic heterocycles. The van der Waals surface area contributed by atoms with Crippen molar-refractivity contribution in [1.82, 2.24) is 5.32 Å². The minimum Gasteiger partial charge on any atom is -0.383 e. The molecule has 1 heterocycles. The van der Waals surface area contributed by atoms with E-state index in [1.165, 1.54) is 5.57 Å². The molecule has 0 aliphatic carbocycles. The van der Waals surface area contributed by atoms with E-state index >= 15 is 0 Å². The molecule has 88 valence electrons. The highest BCUT2D eigenvalue weighted by molar-refractivity contribution is 5.07. The molecule has 0 spiro atoms. The van der Waals surface area contributed by atoms with Crippen LogP contribution in [-0.2, 0) is 9.47 Å². The molecule has 0 fully saturated rings. The van der Waals surface area contributed by atoms with Crippen molar-refractivity contribution in [2.75, 3.05) is 33.5 Å².